The van der Waals surface area contributed by atoms with E-state index in [1.807, 2.05) is 46.8 Å². The van der Waals surface area contributed by atoms with Crippen LogP contribution in [0.3, 0.4) is 0 Å². The molecule has 1 heterocycles. The van der Waals surface area contributed by atoms with Crippen molar-refractivity contribution in [2.75, 3.05) is 5.75 Å². The van der Waals surface area contributed by atoms with Crippen molar-refractivity contribution in [2.45, 2.75) is 17.7 Å². The topological polar surface area (TPSA) is 17.8 Å². The highest BCUT2D eigenvalue weighted by Gasteiger charge is 2.22. The number of aromatic nitrogens is 2. The van der Waals surface area contributed by atoms with E-state index >= 15 is 0 Å². The maximum atomic E-state index is 6.54. The van der Waals surface area contributed by atoms with E-state index in [9.17, 15) is 0 Å². The monoisotopic (exact) mass is 300 g/mol. The highest BCUT2D eigenvalue weighted by atomic mass is 35.5. The van der Waals surface area contributed by atoms with Crippen LogP contribution in [-0.2, 0) is 0 Å². The fourth-order valence-corrected chi connectivity index (χ4v) is 3.35. The molecule has 2 aromatic rings. The fourth-order valence-electron chi connectivity index (χ4n) is 1.74. The SMILES string of the molecule is CCSC(c1ccc(Cl)cc1)C(Cl)n1ccnc1. The minimum Gasteiger partial charge on any atom is -0.319 e. The van der Waals surface area contributed by atoms with Crippen LogP contribution in [0.15, 0.2) is 43.0 Å². The molecule has 0 N–H and O–H groups in total. The smallest absolute Gasteiger partial charge is 0.125 e. The van der Waals surface area contributed by atoms with Crippen molar-refractivity contribution in [3.8, 4) is 0 Å². The second kappa shape index (κ2) is 6.50. The van der Waals surface area contributed by atoms with Gasteiger partial charge in [-0.15, -0.1) is 0 Å². The van der Waals surface area contributed by atoms with Gasteiger partial charge in [-0.2, -0.15) is 11.8 Å². The Hall–Kier alpha value is -0.640. The van der Waals surface area contributed by atoms with Crippen LogP contribution in [0.1, 0.15) is 23.2 Å². The molecule has 0 aliphatic heterocycles. The minimum absolute atomic E-state index is 0.154. The predicted octanol–water partition coefficient (Wildman–Crippen LogP) is 4.77. The van der Waals surface area contributed by atoms with Crippen molar-refractivity contribution in [2.24, 2.45) is 0 Å². The molecule has 96 valence electrons. The number of thioether (sulfide) groups is 1. The molecule has 5 heteroatoms. The average molecular weight is 301 g/mol. The van der Waals surface area contributed by atoms with E-state index in [2.05, 4.69) is 11.9 Å². The Balaban J connectivity index is 2.25. The Morgan fingerprint density at radius 1 is 1.33 bits per heavy atom. The third-order valence-corrected chi connectivity index (χ3v) is 4.71. The number of nitrogens with zero attached hydrogens (tertiary/aromatic N) is 2. The molecule has 2 rings (SSSR count). The summed E-state index contributed by atoms with van der Waals surface area (Å²) in [4.78, 5) is 4.04. The van der Waals surface area contributed by atoms with Crippen LogP contribution in [0.5, 0.6) is 0 Å². The van der Waals surface area contributed by atoms with Crippen LogP contribution in [0.4, 0.5) is 0 Å². The van der Waals surface area contributed by atoms with Crippen molar-refractivity contribution in [3.05, 3.63) is 53.6 Å². The molecule has 2 atom stereocenters. The van der Waals surface area contributed by atoms with E-state index in [4.69, 9.17) is 23.2 Å². The molecule has 1 aromatic heterocycles. The van der Waals surface area contributed by atoms with Crippen molar-refractivity contribution < 1.29 is 0 Å². The van der Waals surface area contributed by atoms with E-state index in [1.165, 1.54) is 5.56 Å². The summed E-state index contributed by atoms with van der Waals surface area (Å²) in [5, 5.41) is 0.927. The third-order valence-electron chi connectivity index (χ3n) is 2.60. The zero-order valence-electron chi connectivity index (χ0n) is 9.96. The first-order valence-corrected chi connectivity index (χ1v) is 7.57. The molecule has 1 aromatic carbocycles. The second-order valence-electron chi connectivity index (χ2n) is 3.81. The maximum Gasteiger partial charge on any atom is 0.125 e. The lowest BCUT2D eigenvalue weighted by molar-refractivity contribution is 0.651. The summed E-state index contributed by atoms with van der Waals surface area (Å²) in [6.45, 7) is 2.13. The number of imidazole rings is 1. The lowest BCUT2D eigenvalue weighted by Gasteiger charge is -2.22. The summed E-state index contributed by atoms with van der Waals surface area (Å²) in [5.74, 6) is 1.01. The van der Waals surface area contributed by atoms with E-state index in [0.29, 0.717) is 0 Å². The molecule has 0 saturated heterocycles. The molecule has 0 bridgehead atoms. The lowest BCUT2D eigenvalue weighted by Crippen LogP contribution is -2.09. The van der Waals surface area contributed by atoms with Gasteiger partial charge in [0.2, 0.25) is 0 Å². The Bertz CT molecular complexity index is 470. The average Bonchev–Trinajstić information content (AvgIpc) is 2.90. The highest BCUT2D eigenvalue weighted by Crippen LogP contribution is 2.41. The number of rotatable bonds is 5. The van der Waals surface area contributed by atoms with Gasteiger partial charge in [-0.05, 0) is 23.4 Å². The zero-order chi connectivity index (χ0) is 13.0. The normalized spacial score (nSPS) is 14.4. The Morgan fingerprint density at radius 2 is 2.06 bits per heavy atom. The third kappa shape index (κ3) is 3.22. The first-order valence-electron chi connectivity index (χ1n) is 5.71. The summed E-state index contributed by atoms with van der Waals surface area (Å²) in [7, 11) is 0. The molecular formula is C13H14Cl2N2S. The highest BCUT2D eigenvalue weighted by molar-refractivity contribution is 7.99. The summed E-state index contributed by atoms with van der Waals surface area (Å²) in [6.07, 6.45) is 5.37. The molecule has 0 aliphatic carbocycles. The molecule has 0 aliphatic rings. The molecule has 18 heavy (non-hydrogen) atoms. The van der Waals surface area contributed by atoms with Crippen molar-refractivity contribution in [3.63, 3.8) is 0 Å². The van der Waals surface area contributed by atoms with Gasteiger partial charge in [-0.1, -0.05) is 42.3 Å². The van der Waals surface area contributed by atoms with Gasteiger partial charge in [-0.3, -0.25) is 0 Å². The Kier molecular flexibility index (Phi) is 4.98. The van der Waals surface area contributed by atoms with Gasteiger partial charge in [0.05, 0.1) is 11.6 Å². The van der Waals surface area contributed by atoms with E-state index in [-0.39, 0.29) is 10.8 Å². The maximum absolute atomic E-state index is 6.54. The van der Waals surface area contributed by atoms with Gasteiger partial charge >= 0.3 is 0 Å². The first kappa shape index (κ1) is 13.8. The van der Waals surface area contributed by atoms with Crippen molar-refractivity contribution in [1.29, 1.82) is 0 Å². The molecule has 0 amide bonds. The van der Waals surface area contributed by atoms with E-state index in [0.717, 1.165) is 10.8 Å². The molecular weight excluding hydrogens is 287 g/mol. The summed E-state index contributed by atoms with van der Waals surface area (Å²) in [5.41, 5.74) is 1.03. The number of halogens is 2. The quantitative estimate of drug-likeness (QED) is 0.740. The molecule has 2 nitrogen and oxygen atoms in total. The Labute approximate surface area is 121 Å². The second-order valence-corrected chi connectivity index (χ2v) is 6.11. The number of hydrogen-bond donors (Lipinski definition) is 0. The van der Waals surface area contributed by atoms with Crippen LogP contribution in [0, 0.1) is 0 Å². The van der Waals surface area contributed by atoms with Gasteiger partial charge in [-0.25, -0.2) is 4.98 Å². The van der Waals surface area contributed by atoms with Crippen LogP contribution in [-0.4, -0.2) is 15.3 Å². The molecule has 0 fully saturated rings. The molecule has 2 unspecified atom stereocenters. The summed E-state index contributed by atoms with van der Waals surface area (Å²) in [6, 6.07) is 7.86. The molecule has 0 saturated carbocycles. The predicted molar refractivity (Wildman–Crippen MR) is 79.4 cm³/mol. The lowest BCUT2D eigenvalue weighted by atomic mass is 10.1. The van der Waals surface area contributed by atoms with Gasteiger partial charge in [0.1, 0.15) is 5.50 Å². The van der Waals surface area contributed by atoms with Crippen LogP contribution >= 0.6 is 35.0 Å². The van der Waals surface area contributed by atoms with Crippen molar-refractivity contribution >= 4 is 35.0 Å². The standard InChI is InChI=1S/C13H14Cl2N2S/c1-2-18-12(10-3-5-11(14)6-4-10)13(15)17-8-7-16-9-17/h3-9,12-13H,2H2,1H3. The summed E-state index contributed by atoms with van der Waals surface area (Å²) < 4.78 is 1.92. The zero-order valence-corrected chi connectivity index (χ0v) is 12.3. The largest absolute Gasteiger partial charge is 0.319 e. The van der Waals surface area contributed by atoms with Crippen LogP contribution in [0.25, 0.3) is 0 Å². The van der Waals surface area contributed by atoms with Crippen molar-refractivity contribution in [1.82, 2.24) is 9.55 Å². The van der Waals surface area contributed by atoms with Gasteiger partial charge in [0.25, 0.3) is 0 Å². The van der Waals surface area contributed by atoms with E-state index < -0.39 is 0 Å². The van der Waals surface area contributed by atoms with E-state index in [1.54, 1.807) is 12.5 Å². The van der Waals surface area contributed by atoms with Crippen LogP contribution in [0.2, 0.25) is 5.02 Å². The minimum atomic E-state index is -0.154. The number of hydrogen-bond acceptors (Lipinski definition) is 2. The summed E-state index contributed by atoms with van der Waals surface area (Å²) >= 11 is 14.3. The molecule has 0 radical (unpaired) electrons. The molecule has 0 spiro atoms. The van der Waals surface area contributed by atoms with Gasteiger partial charge < -0.3 is 4.57 Å². The fraction of sp³-hybridized carbons (Fsp3) is 0.308. The van der Waals surface area contributed by atoms with Gasteiger partial charge in [0, 0.05) is 17.4 Å². The Morgan fingerprint density at radius 3 is 2.61 bits per heavy atom. The first-order chi connectivity index (χ1) is 8.72. The number of benzene rings is 1. The number of alkyl halides is 1. The van der Waals surface area contributed by atoms with Gasteiger partial charge in [0.15, 0.2) is 0 Å². The van der Waals surface area contributed by atoms with Crippen LogP contribution < -0.4 is 0 Å².